The Kier molecular flexibility index (Phi) is 3.73. The fourth-order valence-electron chi connectivity index (χ4n) is 3.20. The van der Waals surface area contributed by atoms with Crippen LogP contribution in [0.3, 0.4) is 0 Å². The van der Waals surface area contributed by atoms with Crippen molar-refractivity contribution in [2.24, 2.45) is 5.92 Å². The topological polar surface area (TPSA) is 43.9 Å². The highest BCUT2D eigenvalue weighted by Crippen LogP contribution is 2.26. The summed E-state index contributed by atoms with van der Waals surface area (Å²) in [4.78, 5) is 29.2. The zero-order valence-electron chi connectivity index (χ0n) is 11.5. The summed E-state index contributed by atoms with van der Waals surface area (Å²) >= 11 is 0. The summed E-state index contributed by atoms with van der Waals surface area (Å²) in [7, 11) is 0. The largest absolute Gasteiger partial charge is 0.323 e. The third kappa shape index (κ3) is 2.61. The number of hydrogen-bond acceptors (Lipinski definition) is 3. The summed E-state index contributed by atoms with van der Waals surface area (Å²) in [5, 5.41) is 0. The maximum atomic E-state index is 12.3. The maximum Gasteiger partial charge on any atom is 0.320 e. The molecule has 2 saturated heterocycles. The third-order valence-corrected chi connectivity index (χ3v) is 4.76. The van der Waals surface area contributed by atoms with Crippen LogP contribution >= 0.6 is 0 Å². The molecule has 2 aliphatic heterocycles. The Hall–Kier alpha value is -1.10. The lowest BCUT2D eigenvalue weighted by Gasteiger charge is -2.39. The van der Waals surface area contributed by atoms with Crippen molar-refractivity contribution in [3.8, 4) is 0 Å². The number of hydrogen-bond donors (Lipinski definition) is 0. The van der Waals surface area contributed by atoms with Gasteiger partial charge in [0.15, 0.2) is 0 Å². The maximum absolute atomic E-state index is 12.3. The first-order chi connectivity index (χ1) is 9.28. The van der Waals surface area contributed by atoms with Gasteiger partial charge in [-0.15, -0.1) is 0 Å². The van der Waals surface area contributed by atoms with Gasteiger partial charge in [0.1, 0.15) is 6.29 Å². The van der Waals surface area contributed by atoms with E-state index in [0.717, 1.165) is 44.9 Å². The van der Waals surface area contributed by atoms with E-state index >= 15 is 0 Å². The Balaban J connectivity index is 1.49. The number of rotatable bonds is 2. The summed E-state index contributed by atoms with van der Waals surface area (Å²) in [6.45, 7) is 5.09. The Morgan fingerprint density at radius 1 is 0.947 bits per heavy atom. The fraction of sp³-hybridized carbons (Fsp3) is 0.857. The van der Waals surface area contributed by atoms with Gasteiger partial charge in [-0.05, 0) is 19.3 Å². The second-order valence-electron chi connectivity index (χ2n) is 6.05. The van der Waals surface area contributed by atoms with Gasteiger partial charge in [0.05, 0.1) is 0 Å². The first kappa shape index (κ1) is 12.9. The van der Waals surface area contributed by atoms with Crippen molar-refractivity contribution >= 4 is 12.3 Å². The van der Waals surface area contributed by atoms with Gasteiger partial charge in [0.25, 0.3) is 0 Å². The molecular formula is C14H23N3O2. The predicted molar refractivity (Wildman–Crippen MR) is 71.9 cm³/mol. The molecule has 5 heteroatoms. The molecule has 0 aromatic carbocycles. The van der Waals surface area contributed by atoms with Crippen LogP contribution in [0.15, 0.2) is 0 Å². The number of aldehydes is 1. The molecule has 19 heavy (non-hydrogen) atoms. The standard InChI is InChI=1S/C14H23N3O2/c18-11-12-9-17(10-12)14(19)16-6-2-5-15(7-8-16)13-3-1-4-13/h11-13H,1-10H2. The van der Waals surface area contributed by atoms with Gasteiger partial charge in [-0.1, -0.05) is 6.42 Å². The lowest BCUT2D eigenvalue weighted by Crippen LogP contribution is -2.56. The van der Waals surface area contributed by atoms with Gasteiger partial charge in [0, 0.05) is 51.2 Å². The van der Waals surface area contributed by atoms with Crippen LogP contribution in [0.4, 0.5) is 4.79 Å². The molecule has 0 atom stereocenters. The monoisotopic (exact) mass is 265 g/mol. The molecule has 3 aliphatic rings. The summed E-state index contributed by atoms with van der Waals surface area (Å²) in [5.74, 6) is 0.0717. The van der Waals surface area contributed by atoms with E-state index in [1.807, 2.05) is 4.90 Å². The molecule has 1 aliphatic carbocycles. The van der Waals surface area contributed by atoms with Crippen LogP contribution in [0.2, 0.25) is 0 Å². The number of carbonyl (C=O) groups excluding carboxylic acids is 2. The number of carbonyl (C=O) groups is 2. The Bertz CT molecular complexity index is 351. The minimum absolute atomic E-state index is 0.0717. The van der Waals surface area contributed by atoms with Crippen molar-refractivity contribution < 1.29 is 9.59 Å². The van der Waals surface area contributed by atoms with E-state index in [1.54, 1.807) is 4.90 Å². The number of likely N-dealkylation sites (tertiary alicyclic amines) is 1. The summed E-state index contributed by atoms with van der Waals surface area (Å²) in [6, 6.07) is 0.909. The molecule has 3 rings (SSSR count). The SMILES string of the molecule is O=CC1CN(C(=O)N2CCCN(C3CCC3)CC2)C1. The molecule has 0 N–H and O–H groups in total. The number of urea groups is 1. The van der Waals surface area contributed by atoms with Gasteiger partial charge in [-0.3, -0.25) is 4.90 Å². The first-order valence-corrected chi connectivity index (χ1v) is 7.51. The van der Waals surface area contributed by atoms with Crippen LogP contribution < -0.4 is 0 Å². The van der Waals surface area contributed by atoms with Crippen LogP contribution in [-0.2, 0) is 4.79 Å². The van der Waals surface area contributed by atoms with Gasteiger partial charge >= 0.3 is 6.03 Å². The van der Waals surface area contributed by atoms with Gasteiger partial charge < -0.3 is 14.6 Å². The second-order valence-corrected chi connectivity index (χ2v) is 6.05. The molecule has 2 heterocycles. The Morgan fingerprint density at radius 2 is 1.74 bits per heavy atom. The summed E-state index contributed by atoms with van der Waals surface area (Å²) in [5.41, 5.74) is 0. The van der Waals surface area contributed by atoms with Crippen molar-refractivity contribution in [1.82, 2.24) is 14.7 Å². The summed E-state index contributed by atoms with van der Waals surface area (Å²) < 4.78 is 0. The fourth-order valence-corrected chi connectivity index (χ4v) is 3.20. The molecule has 0 radical (unpaired) electrons. The lowest BCUT2D eigenvalue weighted by atomic mass is 9.91. The molecule has 2 amide bonds. The minimum Gasteiger partial charge on any atom is -0.323 e. The molecule has 3 fully saturated rings. The van der Waals surface area contributed by atoms with E-state index < -0.39 is 0 Å². The average molecular weight is 265 g/mol. The van der Waals surface area contributed by atoms with Crippen molar-refractivity contribution in [1.29, 1.82) is 0 Å². The first-order valence-electron chi connectivity index (χ1n) is 7.51. The highest BCUT2D eigenvalue weighted by molar-refractivity contribution is 5.77. The number of nitrogens with zero attached hydrogens (tertiary/aromatic N) is 3. The highest BCUT2D eigenvalue weighted by Gasteiger charge is 2.34. The normalized spacial score (nSPS) is 26.5. The van der Waals surface area contributed by atoms with Crippen molar-refractivity contribution in [3.63, 3.8) is 0 Å². The molecule has 0 aromatic heterocycles. The highest BCUT2D eigenvalue weighted by atomic mass is 16.2. The molecule has 5 nitrogen and oxygen atoms in total. The molecule has 0 unspecified atom stereocenters. The molecule has 1 saturated carbocycles. The van der Waals surface area contributed by atoms with Crippen molar-refractivity contribution in [2.45, 2.75) is 31.7 Å². The Morgan fingerprint density at radius 3 is 2.37 bits per heavy atom. The number of amides is 2. The van der Waals surface area contributed by atoms with Crippen molar-refractivity contribution in [3.05, 3.63) is 0 Å². The van der Waals surface area contributed by atoms with Gasteiger partial charge in [-0.25, -0.2) is 4.79 Å². The van der Waals surface area contributed by atoms with E-state index in [1.165, 1.54) is 19.3 Å². The van der Waals surface area contributed by atoms with Crippen LogP contribution in [0.5, 0.6) is 0 Å². The average Bonchev–Trinajstić information content (AvgIpc) is 2.51. The molecule has 0 bridgehead atoms. The smallest absolute Gasteiger partial charge is 0.320 e. The minimum atomic E-state index is 0.0717. The van der Waals surface area contributed by atoms with E-state index in [-0.39, 0.29) is 11.9 Å². The van der Waals surface area contributed by atoms with Crippen LogP contribution in [0.25, 0.3) is 0 Å². The van der Waals surface area contributed by atoms with E-state index in [2.05, 4.69) is 4.90 Å². The van der Waals surface area contributed by atoms with Crippen LogP contribution in [0.1, 0.15) is 25.7 Å². The third-order valence-electron chi connectivity index (χ3n) is 4.76. The predicted octanol–water partition coefficient (Wildman–Crippen LogP) is 0.797. The zero-order chi connectivity index (χ0) is 13.2. The second kappa shape index (κ2) is 5.49. The molecular weight excluding hydrogens is 242 g/mol. The quantitative estimate of drug-likeness (QED) is 0.694. The van der Waals surface area contributed by atoms with E-state index in [4.69, 9.17) is 0 Å². The van der Waals surface area contributed by atoms with E-state index in [9.17, 15) is 9.59 Å². The molecule has 106 valence electrons. The van der Waals surface area contributed by atoms with Gasteiger partial charge in [0.2, 0.25) is 0 Å². The molecule has 0 spiro atoms. The lowest BCUT2D eigenvalue weighted by molar-refractivity contribution is -0.114. The zero-order valence-corrected chi connectivity index (χ0v) is 11.5. The van der Waals surface area contributed by atoms with Crippen LogP contribution in [-0.4, -0.2) is 72.3 Å². The Labute approximate surface area is 114 Å². The van der Waals surface area contributed by atoms with Crippen molar-refractivity contribution in [2.75, 3.05) is 39.3 Å². The van der Waals surface area contributed by atoms with E-state index in [0.29, 0.717) is 13.1 Å². The summed E-state index contributed by atoms with van der Waals surface area (Å²) in [6.07, 6.45) is 6.07. The van der Waals surface area contributed by atoms with Gasteiger partial charge in [-0.2, -0.15) is 0 Å². The molecule has 0 aromatic rings. The van der Waals surface area contributed by atoms with Crippen LogP contribution in [0, 0.1) is 5.92 Å².